The lowest BCUT2D eigenvalue weighted by molar-refractivity contribution is -0.114. The van der Waals surface area contributed by atoms with Gasteiger partial charge >= 0.3 is 0 Å². The fourth-order valence-electron chi connectivity index (χ4n) is 2.66. The van der Waals surface area contributed by atoms with E-state index in [1.165, 1.54) is 11.3 Å². The molecule has 1 aromatic heterocycles. The van der Waals surface area contributed by atoms with Crippen molar-refractivity contribution in [3.63, 3.8) is 0 Å². The van der Waals surface area contributed by atoms with Crippen molar-refractivity contribution in [2.75, 3.05) is 25.5 Å². The summed E-state index contributed by atoms with van der Waals surface area (Å²) in [6, 6.07) is 12.0. The van der Waals surface area contributed by atoms with E-state index in [4.69, 9.17) is 0 Å². The van der Waals surface area contributed by atoms with E-state index in [1.54, 1.807) is 0 Å². The Morgan fingerprint density at radius 2 is 2.00 bits per heavy atom. The minimum absolute atomic E-state index is 0. The summed E-state index contributed by atoms with van der Waals surface area (Å²) in [5, 5.41) is 6.15. The highest BCUT2D eigenvalue weighted by atomic mass is 127. The lowest BCUT2D eigenvalue weighted by Crippen LogP contribution is -2.39. The van der Waals surface area contributed by atoms with Gasteiger partial charge in [-0.15, -0.1) is 24.0 Å². The van der Waals surface area contributed by atoms with Crippen molar-refractivity contribution in [1.29, 1.82) is 0 Å². The number of hydrogen-bond donors (Lipinski definition) is 2. The van der Waals surface area contributed by atoms with E-state index in [0.29, 0.717) is 5.96 Å². The number of amides is 1. The Morgan fingerprint density at radius 1 is 1.22 bits per heavy atom. The topological polar surface area (TPSA) is 61.7 Å². The van der Waals surface area contributed by atoms with Crippen LogP contribution in [0.5, 0.6) is 0 Å². The van der Waals surface area contributed by atoms with Crippen LogP contribution < -0.4 is 10.6 Å². The van der Waals surface area contributed by atoms with Crippen LogP contribution in [0.1, 0.15) is 25.1 Å². The first-order valence-corrected chi connectivity index (χ1v) is 9.02. The van der Waals surface area contributed by atoms with Crippen molar-refractivity contribution in [3.8, 4) is 0 Å². The molecular weight excluding hydrogens is 453 g/mol. The molecule has 0 saturated heterocycles. The van der Waals surface area contributed by atoms with Gasteiger partial charge in [0, 0.05) is 38.2 Å². The number of nitrogens with one attached hydrogen (secondary N) is 2. The van der Waals surface area contributed by atoms with E-state index in [9.17, 15) is 4.79 Å². The van der Waals surface area contributed by atoms with Gasteiger partial charge in [0.05, 0.1) is 6.54 Å². The molecule has 0 aliphatic carbocycles. The van der Waals surface area contributed by atoms with Crippen LogP contribution in [0, 0.1) is 0 Å². The number of nitrogens with zero attached hydrogens (tertiary/aromatic N) is 3. The van der Waals surface area contributed by atoms with E-state index < -0.39 is 0 Å². The Bertz CT molecular complexity index is 756. The molecule has 148 valence electrons. The zero-order valence-electron chi connectivity index (χ0n) is 16.5. The molecule has 1 amide bonds. The maximum atomic E-state index is 12.2. The van der Waals surface area contributed by atoms with Gasteiger partial charge in [-0.2, -0.15) is 0 Å². The standard InChI is InChI=1S/C20H29N5O.HI/c1-5-16-9-7-10-17(13-16)23-19(26)14-22-20(21-6-2)25(4)15-18-11-8-12-24(18)3;/h7-13H,5-6,14-15H2,1-4H3,(H,21,22)(H,23,26);1H. The molecule has 2 rings (SSSR count). The van der Waals surface area contributed by atoms with Gasteiger partial charge in [0.2, 0.25) is 5.91 Å². The third-order valence-electron chi connectivity index (χ3n) is 4.14. The number of benzene rings is 1. The molecule has 0 unspecified atom stereocenters. The highest BCUT2D eigenvalue weighted by Gasteiger charge is 2.09. The predicted molar refractivity (Wildman–Crippen MR) is 123 cm³/mol. The predicted octanol–water partition coefficient (Wildman–Crippen LogP) is 3.24. The molecular formula is C20H30IN5O. The zero-order valence-corrected chi connectivity index (χ0v) is 18.9. The van der Waals surface area contributed by atoms with E-state index in [2.05, 4.69) is 39.2 Å². The Kier molecular flexibility index (Phi) is 9.92. The maximum Gasteiger partial charge on any atom is 0.246 e. The summed E-state index contributed by atoms with van der Waals surface area (Å²) in [6.45, 7) is 5.65. The van der Waals surface area contributed by atoms with Crippen molar-refractivity contribution in [3.05, 3.63) is 53.9 Å². The van der Waals surface area contributed by atoms with Gasteiger partial charge in [-0.05, 0) is 43.2 Å². The Hall–Kier alpha value is -2.03. The van der Waals surface area contributed by atoms with Crippen molar-refractivity contribution >= 4 is 41.5 Å². The normalized spacial score (nSPS) is 10.9. The second kappa shape index (κ2) is 11.6. The molecule has 6 nitrogen and oxygen atoms in total. The third kappa shape index (κ3) is 7.24. The maximum absolute atomic E-state index is 12.2. The number of rotatable bonds is 7. The lowest BCUT2D eigenvalue weighted by atomic mass is 10.1. The summed E-state index contributed by atoms with van der Waals surface area (Å²) in [6.07, 6.45) is 2.96. The van der Waals surface area contributed by atoms with E-state index in [-0.39, 0.29) is 36.4 Å². The Labute approximate surface area is 179 Å². The number of carbonyl (C=O) groups is 1. The second-order valence-corrected chi connectivity index (χ2v) is 6.24. The Morgan fingerprint density at radius 3 is 2.63 bits per heavy atom. The second-order valence-electron chi connectivity index (χ2n) is 6.24. The molecule has 0 radical (unpaired) electrons. The minimum atomic E-state index is -0.124. The fraction of sp³-hybridized carbons (Fsp3) is 0.400. The van der Waals surface area contributed by atoms with Gasteiger partial charge < -0.3 is 20.1 Å². The van der Waals surface area contributed by atoms with Crippen molar-refractivity contribution < 1.29 is 4.79 Å². The van der Waals surface area contributed by atoms with Gasteiger partial charge in [-0.1, -0.05) is 19.1 Å². The summed E-state index contributed by atoms with van der Waals surface area (Å²) in [7, 11) is 3.99. The number of halogens is 1. The van der Waals surface area contributed by atoms with E-state index >= 15 is 0 Å². The highest BCUT2D eigenvalue weighted by molar-refractivity contribution is 14.0. The molecule has 1 aromatic carbocycles. The molecule has 0 atom stereocenters. The van der Waals surface area contributed by atoms with Crippen LogP contribution in [-0.2, 0) is 24.8 Å². The van der Waals surface area contributed by atoms with Gasteiger partial charge in [0.25, 0.3) is 0 Å². The van der Waals surface area contributed by atoms with Gasteiger partial charge in [-0.25, -0.2) is 4.99 Å². The summed E-state index contributed by atoms with van der Waals surface area (Å²) in [4.78, 5) is 18.7. The monoisotopic (exact) mass is 483 g/mol. The van der Waals surface area contributed by atoms with Crippen LogP contribution >= 0.6 is 24.0 Å². The molecule has 1 heterocycles. The average molecular weight is 483 g/mol. The summed E-state index contributed by atoms with van der Waals surface area (Å²) in [5.41, 5.74) is 3.19. The molecule has 0 bridgehead atoms. The van der Waals surface area contributed by atoms with E-state index in [0.717, 1.165) is 25.2 Å². The number of carbonyl (C=O) groups excluding carboxylic acids is 1. The molecule has 0 fully saturated rings. The number of aryl methyl sites for hydroxylation is 2. The summed E-state index contributed by atoms with van der Waals surface area (Å²) >= 11 is 0. The van der Waals surface area contributed by atoms with Crippen LogP contribution in [0.4, 0.5) is 5.69 Å². The van der Waals surface area contributed by atoms with Crippen molar-refractivity contribution in [1.82, 2.24) is 14.8 Å². The smallest absolute Gasteiger partial charge is 0.246 e. The average Bonchev–Trinajstić information content (AvgIpc) is 3.03. The summed E-state index contributed by atoms with van der Waals surface area (Å²) < 4.78 is 2.08. The molecule has 2 aromatic rings. The molecule has 7 heteroatoms. The van der Waals surface area contributed by atoms with Crippen LogP contribution in [0.15, 0.2) is 47.6 Å². The number of aromatic nitrogens is 1. The minimum Gasteiger partial charge on any atom is -0.357 e. The van der Waals surface area contributed by atoms with Crippen molar-refractivity contribution in [2.45, 2.75) is 26.8 Å². The quantitative estimate of drug-likeness (QED) is 0.361. The van der Waals surface area contributed by atoms with Crippen LogP contribution in [0.3, 0.4) is 0 Å². The third-order valence-corrected chi connectivity index (χ3v) is 4.14. The van der Waals surface area contributed by atoms with Gasteiger partial charge in [0.15, 0.2) is 5.96 Å². The summed E-state index contributed by atoms with van der Waals surface area (Å²) in [5.74, 6) is 0.590. The lowest BCUT2D eigenvalue weighted by Gasteiger charge is -2.22. The number of guanidine groups is 1. The highest BCUT2D eigenvalue weighted by Crippen LogP contribution is 2.11. The van der Waals surface area contributed by atoms with Crippen LogP contribution in [-0.4, -0.2) is 41.5 Å². The largest absolute Gasteiger partial charge is 0.357 e. The van der Waals surface area contributed by atoms with Gasteiger partial charge in [0.1, 0.15) is 6.54 Å². The van der Waals surface area contributed by atoms with Crippen LogP contribution in [0.2, 0.25) is 0 Å². The molecule has 0 aliphatic heterocycles. The molecule has 0 saturated carbocycles. The molecule has 0 aliphatic rings. The molecule has 0 spiro atoms. The first kappa shape index (κ1) is 23.0. The molecule has 27 heavy (non-hydrogen) atoms. The number of anilines is 1. The SMILES string of the molecule is CCNC(=NCC(=O)Nc1cccc(CC)c1)N(C)Cc1cccn1C.I. The van der Waals surface area contributed by atoms with Crippen molar-refractivity contribution in [2.24, 2.45) is 12.0 Å². The van der Waals surface area contributed by atoms with Crippen LogP contribution in [0.25, 0.3) is 0 Å². The number of aliphatic imine (C=N–C) groups is 1. The molecule has 2 N–H and O–H groups in total. The van der Waals surface area contributed by atoms with Gasteiger partial charge in [-0.3, -0.25) is 4.79 Å². The number of hydrogen-bond acceptors (Lipinski definition) is 2. The first-order chi connectivity index (χ1) is 12.5. The Balaban J connectivity index is 0.00000364. The fourth-order valence-corrected chi connectivity index (χ4v) is 2.66. The zero-order chi connectivity index (χ0) is 18.9. The van der Waals surface area contributed by atoms with E-state index in [1.807, 2.05) is 56.4 Å². The first-order valence-electron chi connectivity index (χ1n) is 9.02.